The van der Waals surface area contributed by atoms with E-state index in [1.807, 2.05) is 60.7 Å². The summed E-state index contributed by atoms with van der Waals surface area (Å²) in [5.41, 5.74) is 2.00. The van der Waals surface area contributed by atoms with Crippen LogP contribution in [0.15, 0.2) is 65.8 Å². The van der Waals surface area contributed by atoms with Crippen molar-refractivity contribution in [1.29, 1.82) is 0 Å². The molecule has 0 N–H and O–H groups in total. The molecule has 1 atom stereocenters. The van der Waals surface area contributed by atoms with Crippen molar-refractivity contribution in [3.8, 4) is 0 Å². The zero-order valence-corrected chi connectivity index (χ0v) is 10.9. The van der Waals surface area contributed by atoms with E-state index in [2.05, 4.69) is 10.1 Å². The van der Waals surface area contributed by atoms with Gasteiger partial charge in [-0.2, -0.15) is 0 Å². The Hall–Kier alpha value is -2.33. The van der Waals surface area contributed by atoms with Crippen LogP contribution < -0.4 is 0 Å². The van der Waals surface area contributed by atoms with Gasteiger partial charge in [0.25, 0.3) is 0 Å². The van der Waals surface area contributed by atoms with Crippen LogP contribution in [0.2, 0.25) is 0 Å². The topological polar surface area (TPSA) is 34.1 Å². The second-order valence-electron chi connectivity index (χ2n) is 4.82. The molecule has 2 heterocycles. The second-order valence-corrected chi connectivity index (χ2v) is 4.82. The number of amidine groups is 1. The highest BCUT2D eigenvalue weighted by molar-refractivity contribution is 5.99. The summed E-state index contributed by atoms with van der Waals surface area (Å²) in [4.78, 5) is 7.79. The Bertz CT molecular complexity index is 642. The van der Waals surface area contributed by atoms with E-state index in [0.717, 1.165) is 23.5 Å². The first-order valence-corrected chi connectivity index (χ1v) is 6.69. The molecule has 2 aliphatic heterocycles. The summed E-state index contributed by atoms with van der Waals surface area (Å²) < 4.78 is 5.89. The average molecular weight is 266 g/mol. The van der Waals surface area contributed by atoms with E-state index >= 15 is 0 Å². The van der Waals surface area contributed by atoms with Crippen LogP contribution in [0.1, 0.15) is 11.1 Å². The molecular weight excluding hydrogens is 252 g/mol. The number of oxime groups is 1. The van der Waals surface area contributed by atoms with Gasteiger partial charge in [0.15, 0.2) is 5.84 Å². The molecule has 0 radical (unpaired) electrons. The van der Waals surface area contributed by atoms with Crippen LogP contribution >= 0.6 is 0 Å². The lowest BCUT2D eigenvalue weighted by molar-refractivity contribution is -0.252. The molecule has 1 saturated heterocycles. The smallest absolute Gasteiger partial charge is 0.332 e. The molecule has 4 heteroatoms. The highest BCUT2D eigenvalue weighted by Crippen LogP contribution is 2.40. The van der Waals surface area contributed by atoms with Crippen LogP contribution in [-0.2, 0) is 15.5 Å². The van der Waals surface area contributed by atoms with E-state index in [4.69, 9.17) is 9.57 Å². The number of benzene rings is 2. The fourth-order valence-electron chi connectivity index (χ4n) is 2.71. The van der Waals surface area contributed by atoms with Gasteiger partial charge < -0.3 is 9.57 Å². The lowest BCUT2D eigenvalue weighted by Gasteiger charge is -2.29. The van der Waals surface area contributed by atoms with Crippen molar-refractivity contribution in [2.45, 2.75) is 5.91 Å². The molecule has 2 aromatic carbocycles. The Kier molecular flexibility index (Phi) is 2.50. The Morgan fingerprint density at radius 3 is 2.40 bits per heavy atom. The number of hydrogen-bond acceptors (Lipinski definition) is 4. The summed E-state index contributed by atoms with van der Waals surface area (Å²) in [7, 11) is 0. The van der Waals surface area contributed by atoms with Crippen molar-refractivity contribution in [2.24, 2.45) is 5.16 Å². The summed E-state index contributed by atoms with van der Waals surface area (Å²) in [6.45, 7) is 1.39. The van der Waals surface area contributed by atoms with Crippen molar-refractivity contribution in [3.63, 3.8) is 0 Å². The maximum Gasteiger partial charge on any atom is 0.348 e. The number of hydrogen-bond donors (Lipinski definition) is 0. The quantitative estimate of drug-likeness (QED) is 0.837. The lowest BCUT2D eigenvalue weighted by Crippen LogP contribution is -2.42. The van der Waals surface area contributed by atoms with Crippen molar-refractivity contribution < 1.29 is 9.57 Å². The highest BCUT2D eigenvalue weighted by atomic mass is 16.8. The molecule has 0 spiro atoms. The van der Waals surface area contributed by atoms with E-state index in [1.165, 1.54) is 0 Å². The molecule has 2 aliphatic rings. The minimum Gasteiger partial charge on any atom is -0.332 e. The maximum absolute atomic E-state index is 5.89. The first-order valence-electron chi connectivity index (χ1n) is 6.69. The number of rotatable bonds is 2. The summed E-state index contributed by atoms with van der Waals surface area (Å²) in [6.07, 6.45) is 0. The minimum absolute atomic E-state index is 0.626. The zero-order chi connectivity index (χ0) is 13.4. The molecule has 4 nitrogen and oxygen atoms in total. The predicted molar refractivity (Wildman–Crippen MR) is 74.8 cm³/mol. The molecule has 100 valence electrons. The average Bonchev–Trinajstić information content (AvgIpc) is 3.08. The number of fused-ring (bicyclic) bond motifs is 1. The van der Waals surface area contributed by atoms with E-state index in [1.54, 1.807) is 0 Å². The van der Waals surface area contributed by atoms with E-state index in [-0.39, 0.29) is 0 Å². The van der Waals surface area contributed by atoms with E-state index in [9.17, 15) is 0 Å². The van der Waals surface area contributed by atoms with Crippen LogP contribution in [0.4, 0.5) is 0 Å². The van der Waals surface area contributed by atoms with Crippen molar-refractivity contribution in [3.05, 3.63) is 71.8 Å². The van der Waals surface area contributed by atoms with Gasteiger partial charge in [0, 0.05) is 17.7 Å². The van der Waals surface area contributed by atoms with Crippen molar-refractivity contribution in [2.75, 3.05) is 13.2 Å². The van der Waals surface area contributed by atoms with Gasteiger partial charge in [-0.3, -0.25) is 4.90 Å². The van der Waals surface area contributed by atoms with Crippen molar-refractivity contribution in [1.82, 2.24) is 4.90 Å². The van der Waals surface area contributed by atoms with Gasteiger partial charge in [-0.25, -0.2) is 0 Å². The molecule has 20 heavy (non-hydrogen) atoms. The first-order chi connectivity index (χ1) is 9.90. The van der Waals surface area contributed by atoms with Crippen LogP contribution in [0.5, 0.6) is 0 Å². The molecule has 0 aromatic heterocycles. The zero-order valence-electron chi connectivity index (χ0n) is 10.9. The summed E-state index contributed by atoms with van der Waals surface area (Å²) in [6, 6.07) is 20.0. The van der Waals surface area contributed by atoms with Gasteiger partial charge in [-0.15, -0.1) is 0 Å². The standard InChI is InChI=1S/C16H14N2O2/c1-3-7-13(8-4-1)15-17-20-16(18(15)11-12-19-16)14-9-5-2-6-10-14/h1-10H,11-12H2/t16-/m0/s1. The van der Waals surface area contributed by atoms with Gasteiger partial charge in [0.05, 0.1) is 6.61 Å². The van der Waals surface area contributed by atoms with Gasteiger partial charge in [0.2, 0.25) is 0 Å². The predicted octanol–water partition coefficient (Wildman–Crippen LogP) is 2.52. The monoisotopic (exact) mass is 266 g/mol. The van der Waals surface area contributed by atoms with E-state index in [0.29, 0.717) is 6.61 Å². The Morgan fingerprint density at radius 1 is 0.950 bits per heavy atom. The van der Waals surface area contributed by atoms with Gasteiger partial charge >= 0.3 is 5.91 Å². The largest absolute Gasteiger partial charge is 0.348 e. The third-order valence-corrected chi connectivity index (χ3v) is 3.65. The molecule has 0 amide bonds. The third kappa shape index (κ3) is 1.55. The fourth-order valence-corrected chi connectivity index (χ4v) is 2.71. The number of ether oxygens (including phenoxy) is 1. The molecule has 0 aliphatic carbocycles. The summed E-state index contributed by atoms with van der Waals surface area (Å²) in [5.74, 6) is -0.0705. The summed E-state index contributed by atoms with van der Waals surface area (Å²) >= 11 is 0. The number of nitrogens with zero attached hydrogens (tertiary/aromatic N) is 2. The second kappa shape index (κ2) is 4.35. The molecule has 1 fully saturated rings. The van der Waals surface area contributed by atoms with E-state index < -0.39 is 5.91 Å². The van der Waals surface area contributed by atoms with Gasteiger partial charge in [-0.05, 0) is 0 Å². The molecule has 0 bridgehead atoms. The van der Waals surface area contributed by atoms with Gasteiger partial charge in [-0.1, -0.05) is 65.8 Å². The van der Waals surface area contributed by atoms with Crippen LogP contribution in [0.3, 0.4) is 0 Å². The maximum atomic E-state index is 5.89. The Morgan fingerprint density at radius 2 is 1.65 bits per heavy atom. The molecule has 2 aromatic rings. The fraction of sp³-hybridized carbons (Fsp3) is 0.188. The SMILES string of the molecule is c1ccc(C2=NO[C@]3(c4ccccc4)OCCN23)cc1. The molecule has 0 saturated carbocycles. The van der Waals surface area contributed by atoms with Crippen LogP contribution in [-0.4, -0.2) is 23.9 Å². The Labute approximate surface area is 117 Å². The molecule has 4 rings (SSSR count). The van der Waals surface area contributed by atoms with Crippen LogP contribution in [0.25, 0.3) is 0 Å². The molecular formula is C16H14N2O2. The molecule has 0 unspecified atom stereocenters. The van der Waals surface area contributed by atoms with Crippen LogP contribution in [0, 0.1) is 0 Å². The third-order valence-electron chi connectivity index (χ3n) is 3.65. The highest BCUT2D eigenvalue weighted by Gasteiger charge is 2.53. The lowest BCUT2D eigenvalue weighted by atomic mass is 10.1. The van der Waals surface area contributed by atoms with Gasteiger partial charge in [0.1, 0.15) is 0 Å². The van der Waals surface area contributed by atoms with Crippen molar-refractivity contribution >= 4 is 5.84 Å². The normalized spacial score (nSPS) is 24.2. The first kappa shape index (κ1) is 11.5. The minimum atomic E-state index is -0.896. The Balaban J connectivity index is 1.75. The summed E-state index contributed by atoms with van der Waals surface area (Å²) in [5, 5.41) is 4.26.